The Morgan fingerprint density at radius 3 is 2.47 bits per heavy atom. The molecule has 0 radical (unpaired) electrons. The zero-order valence-electron chi connectivity index (χ0n) is 21.1. The number of amides is 1. The molecule has 3 heterocycles. The number of aromatic amines is 1. The molecule has 12 nitrogen and oxygen atoms in total. The number of carboxylic acids is 2. The lowest BCUT2D eigenvalue weighted by Gasteiger charge is -2.30. The number of carboxylic acid groups (broad SMARTS) is 2. The largest absolute Gasteiger partial charge is 0.478 e. The van der Waals surface area contributed by atoms with Crippen molar-refractivity contribution in [1.82, 2.24) is 20.1 Å². The van der Waals surface area contributed by atoms with Crippen molar-refractivity contribution in [3.05, 3.63) is 57.6 Å². The van der Waals surface area contributed by atoms with Gasteiger partial charge in [-0.05, 0) is 43.7 Å². The first-order valence-corrected chi connectivity index (χ1v) is 12.6. The average molecular weight is 550 g/mol. The van der Waals surface area contributed by atoms with Gasteiger partial charge < -0.3 is 25.2 Å². The van der Waals surface area contributed by atoms with Crippen molar-refractivity contribution in [2.45, 2.75) is 58.1 Å². The number of ether oxygens (including phenoxy) is 1. The number of rotatable bonds is 11. The van der Waals surface area contributed by atoms with E-state index in [0.29, 0.717) is 25.1 Å². The Morgan fingerprint density at radius 1 is 1.21 bits per heavy atom. The van der Waals surface area contributed by atoms with Crippen LogP contribution in [-0.4, -0.2) is 67.3 Å². The van der Waals surface area contributed by atoms with Gasteiger partial charge in [-0.15, -0.1) is 5.10 Å². The number of piperidine rings is 1. The predicted molar refractivity (Wildman–Crippen MR) is 140 cm³/mol. The lowest BCUT2D eigenvalue weighted by Crippen LogP contribution is -2.44. The van der Waals surface area contributed by atoms with E-state index in [1.165, 1.54) is 0 Å². The molecule has 0 aliphatic carbocycles. The van der Waals surface area contributed by atoms with Gasteiger partial charge >= 0.3 is 11.9 Å². The van der Waals surface area contributed by atoms with E-state index in [2.05, 4.69) is 27.4 Å². The molecule has 13 heteroatoms. The monoisotopic (exact) mass is 549 g/mol. The fourth-order valence-corrected chi connectivity index (χ4v) is 3.75. The van der Waals surface area contributed by atoms with E-state index in [1.807, 2.05) is 17.0 Å². The maximum Gasteiger partial charge on any atom is 0.328 e. The van der Waals surface area contributed by atoms with Gasteiger partial charge in [-0.3, -0.25) is 14.6 Å². The van der Waals surface area contributed by atoms with Crippen molar-refractivity contribution in [3.8, 4) is 5.88 Å². The van der Waals surface area contributed by atoms with E-state index >= 15 is 0 Å². The van der Waals surface area contributed by atoms with Crippen LogP contribution in [0.25, 0.3) is 0 Å². The molecule has 1 aliphatic rings. The minimum atomic E-state index is -1.26. The van der Waals surface area contributed by atoms with E-state index in [4.69, 9.17) is 26.6 Å². The van der Waals surface area contributed by atoms with Crippen molar-refractivity contribution in [2.75, 3.05) is 18.4 Å². The zero-order chi connectivity index (χ0) is 27.9. The third-order valence-electron chi connectivity index (χ3n) is 5.47. The van der Waals surface area contributed by atoms with Crippen molar-refractivity contribution >= 4 is 35.1 Å². The van der Waals surface area contributed by atoms with Crippen LogP contribution in [0.3, 0.4) is 0 Å². The SMILES string of the molecule is CCCCC(Oc1n[nH]c(=O)c(Cl)c1NCc1cccnc1)C(=O)N1CCCCC1.O=C(O)C=CC(=O)O. The van der Waals surface area contributed by atoms with E-state index in [-0.39, 0.29) is 22.5 Å². The Bertz CT molecular complexity index is 1130. The van der Waals surface area contributed by atoms with Crippen LogP contribution in [0.1, 0.15) is 51.0 Å². The van der Waals surface area contributed by atoms with Crippen LogP contribution >= 0.6 is 11.6 Å². The number of nitrogens with one attached hydrogen (secondary N) is 2. The molecule has 1 atom stereocenters. The molecule has 2 aromatic rings. The molecule has 38 heavy (non-hydrogen) atoms. The Morgan fingerprint density at radius 2 is 1.89 bits per heavy atom. The Kier molecular flexibility index (Phi) is 12.8. The number of hydrogen-bond donors (Lipinski definition) is 4. The summed E-state index contributed by atoms with van der Waals surface area (Å²) in [5, 5.41) is 25.1. The smallest absolute Gasteiger partial charge is 0.328 e. The summed E-state index contributed by atoms with van der Waals surface area (Å²) in [4.78, 5) is 50.1. The molecular formula is C25H32ClN5O7. The molecule has 0 spiro atoms. The minimum absolute atomic E-state index is 0.0366. The second kappa shape index (κ2) is 16.0. The first kappa shape index (κ1) is 30.3. The number of anilines is 1. The van der Waals surface area contributed by atoms with Gasteiger partial charge in [0.15, 0.2) is 6.10 Å². The maximum absolute atomic E-state index is 13.1. The van der Waals surface area contributed by atoms with Crippen molar-refractivity contribution in [3.63, 3.8) is 0 Å². The predicted octanol–water partition coefficient (Wildman–Crippen LogP) is 3.09. The summed E-state index contributed by atoms with van der Waals surface area (Å²) in [6.07, 6.45) is 9.37. The molecule has 0 saturated carbocycles. The molecule has 0 aromatic carbocycles. The van der Waals surface area contributed by atoms with Gasteiger partial charge in [-0.2, -0.15) is 0 Å². The number of carbonyl (C=O) groups excluding carboxylic acids is 1. The molecule has 206 valence electrons. The summed E-state index contributed by atoms with van der Waals surface area (Å²) in [5.41, 5.74) is 0.661. The fourth-order valence-electron chi connectivity index (χ4n) is 3.56. The van der Waals surface area contributed by atoms with Crippen LogP contribution in [0.15, 0.2) is 41.5 Å². The van der Waals surface area contributed by atoms with Crippen molar-refractivity contribution in [1.29, 1.82) is 0 Å². The highest BCUT2D eigenvalue weighted by Gasteiger charge is 2.28. The number of likely N-dealkylation sites (tertiary alicyclic amines) is 1. The number of carbonyl (C=O) groups is 3. The number of hydrogen-bond acceptors (Lipinski definition) is 8. The number of unbranched alkanes of at least 4 members (excludes halogenated alkanes) is 1. The second-order valence-corrected chi connectivity index (χ2v) is 8.78. The first-order valence-electron chi connectivity index (χ1n) is 12.2. The third-order valence-corrected chi connectivity index (χ3v) is 5.83. The molecule has 1 fully saturated rings. The van der Waals surface area contributed by atoms with E-state index in [9.17, 15) is 19.2 Å². The van der Waals surface area contributed by atoms with Gasteiger partial charge in [-0.1, -0.05) is 31.0 Å². The Hall–Kier alpha value is -3.93. The lowest BCUT2D eigenvalue weighted by molar-refractivity contribution is -0.140. The first-order chi connectivity index (χ1) is 18.2. The van der Waals surface area contributed by atoms with E-state index in [0.717, 1.165) is 50.8 Å². The highest BCUT2D eigenvalue weighted by molar-refractivity contribution is 6.33. The average Bonchev–Trinajstić information content (AvgIpc) is 2.92. The Labute approximate surface area is 224 Å². The summed E-state index contributed by atoms with van der Waals surface area (Å²) in [7, 11) is 0. The van der Waals surface area contributed by atoms with Gasteiger partial charge in [0.1, 0.15) is 10.7 Å². The lowest BCUT2D eigenvalue weighted by atomic mass is 10.1. The summed E-state index contributed by atoms with van der Waals surface area (Å²) in [5.74, 6) is -2.43. The van der Waals surface area contributed by atoms with Crippen LogP contribution in [0, 0.1) is 0 Å². The number of H-pyrrole nitrogens is 1. The van der Waals surface area contributed by atoms with E-state index in [1.54, 1.807) is 12.4 Å². The molecule has 1 saturated heterocycles. The highest BCUT2D eigenvalue weighted by atomic mass is 35.5. The fraction of sp³-hybridized carbons (Fsp3) is 0.440. The summed E-state index contributed by atoms with van der Waals surface area (Å²) in [6, 6.07) is 3.73. The summed E-state index contributed by atoms with van der Waals surface area (Å²) < 4.78 is 6.05. The summed E-state index contributed by atoms with van der Waals surface area (Å²) >= 11 is 6.24. The van der Waals surface area contributed by atoms with Crippen LogP contribution in [-0.2, 0) is 20.9 Å². The second-order valence-electron chi connectivity index (χ2n) is 8.41. The molecule has 1 unspecified atom stereocenters. The number of pyridine rings is 1. The number of nitrogens with zero attached hydrogens (tertiary/aromatic N) is 3. The molecular weight excluding hydrogens is 518 g/mol. The maximum atomic E-state index is 13.1. The van der Waals surface area contributed by atoms with Crippen molar-refractivity contribution < 1.29 is 29.3 Å². The van der Waals surface area contributed by atoms with Crippen LogP contribution in [0.4, 0.5) is 5.69 Å². The Balaban J connectivity index is 0.000000550. The molecule has 0 bridgehead atoms. The van der Waals surface area contributed by atoms with Crippen LogP contribution < -0.4 is 15.6 Å². The highest BCUT2D eigenvalue weighted by Crippen LogP contribution is 2.29. The molecule has 1 aliphatic heterocycles. The standard InChI is InChI=1S/C21H28ClN5O3.C4H4O4/c1-2-3-9-16(21(29)27-11-5-4-6-12-27)30-20-18(17(22)19(28)25-26-20)24-14-15-8-7-10-23-13-15;5-3(6)1-2-4(7)8/h7-8,10,13,16H,2-6,9,11-12,14H2,1H3,(H2,24,25,28);1-2H,(H,5,6)(H,7,8). The van der Waals surface area contributed by atoms with Crippen LogP contribution in [0.5, 0.6) is 5.88 Å². The topological polar surface area (TPSA) is 175 Å². The van der Waals surface area contributed by atoms with Gasteiger partial charge in [0.2, 0.25) is 0 Å². The third kappa shape index (κ3) is 10.2. The summed E-state index contributed by atoms with van der Waals surface area (Å²) in [6.45, 7) is 3.95. The molecule has 3 rings (SSSR count). The van der Waals surface area contributed by atoms with Crippen molar-refractivity contribution in [2.24, 2.45) is 0 Å². The number of halogens is 1. The molecule has 2 aromatic heterocycles. The minimum Gasteiger partial charge on any atom is -0.478 e. The number of aliphatic carboxylic acids is 2. The van der Waals surface area contributed by atoms with Gasteiger partial charge in [0, 0.05) is 44.2 Å². The van der Waals surface area contributed by atoms with Gasteiger partial charge in [0.25, 0.3) is 17.3 Å². The molecule has 4 N–H and O–H groups in total. The van der Waals surface area contributed by atoms with Crippen LogP contribution in [0.2, 0.25) is 5.02 Å². The quantitative estimate of drug-likeness (QED) is 0.305. The normalized spacial score (nSPS) is 13.8. The zero-order valence-corrected chi connectivity index (χ0v) is 21.8. The van der Waals surface area contributed by atoms with Gasteiger partial charge in [0.05, 0.1) is 0 Å². The number of aromatic nitrogens is 3. The van der Waals surface area contributed by atoms with Gasteiger partial charge in [-0.25, -0.2) is 14.7 Å². The molecule has 1 amide bonds. The van der Waals surface area contributed by atoms with E-state index < -0.39 is 23.6 Å².